The lowest BCUT2D eigenvalue weighted by Crippen LogP contribution is -2.09. The highest BCUT2D eigenvalue weighted by molar-refractivity contribution is 5.77. The van der Waals surface area contributed by atoms with Crippen molar-refractivity contribution < 1.29 is 9.13 Å². The lowest BCUT2D eigenvalue weighted by Gasteiger charge is -2.15. The molecule has 0 radical (unpaired) electrons. The van der Waals surface area contributed by atoms with Gasteiger partial charge in [-0.1, -0.05) is 12.1 Å². The smallest absolute Gasteiger partial charge is 0.162 e. The molecule has 2 aromatic heterocycles. The van der Waals surface area contributed by atoms with Crippen LogP contribution < -0.4 is 0 Å². The van der Waals surface area contributed by atoms with Crippen molar-refractivity contribution in [2.75, 3.05) is 6.61 Å². The van der Waals surface area contributed by atoms with E-state index in [1.807, 2.05) is 22.8 Å². The van der Waals surface area contributed by atoms with Crippen molar-refractivity contribution in [3.8, 4) is 11.4 Å². The first kappa shape index (κ1) is 12.5. The standard InChI is InChI=1S/C16H14FN3O/c17-12-5-1-4-11(10-12)15-19-13-6-2-8-18-16(13)20(15)14-7-3-9-21-14/h1-2,4-6,8,10,14H,3,7,9H2. The van der Waals surface area contributed by atoms with Gasteiger partial charge >= 0.3 is 0 Å². The van der Waals surface area contributed by atoms with Gasteiger partial charge < -0.3 is 4.74 Å². The Kier molecular flexibility index (Phi) is 2.93. The number of rotatable bonds is 2. The molecule has 0 aliphatic carbocycles. The van der Waals surface area contributed by atoms with Gasteiger partial charge in [0.2, 0.25) is 0 Å². The number of aromatic nitrogens is 3. The summed E-state index contributed by atoms with van der Waals surface area (Å²) in [5, 5.41) is 0. The van der Waals surface area contributed by atoms with Crippen molar-refractivity contribution in [3.63, 3.8) is 0 Å². The summed E-state index contributed by atoms with van der Waals surface area (Å²) in [6.07, 6.45) is 3.60. The SMILES string of the molecule is Fc1cccc(-c2nc3cccnc3n2C2CCCO2)c1. The van der Waals surface area contributed by atoms with Crippen LogP contribution >= 0.6 is 0 Å². The van der Waals surface area contributed by atoms with Crippen LogP contribution in [0, 0.1) is 5.82 Å². The Morgan fingerprint density at radius 2 is 2.19 bits per heavy atom. The van der Waals surface area contributed by atoms with Crippen molar-refractivity contribution in [2.45, 2.75) is 19.1 Å². The predicted octanol–water partition coefficient (Wildman–Crippen LogP) is 3.55. The molecule has 3 aromatic rings. The lowest BCUT2D eigenvalue weighted by atomic mass is 10.2. The minimum atomic E-state index is -0.272. The van der Waals surface area contributed by atoms with Crippen molar-refractivity contribution in [2.24, 2.45) is 0 Å². The van der Waals surface area contributed by atoms with Crippen LogP contribution in [-0.2, 0) is 4.74 Å². The first-order valence-electron chi connectivity index (χ1n) is 7.03. The molecule has 21 heavy (non-hydrogen) atoms. The van der Waals surface area contributed by atoms with E-state index in [0.717, 1.165) is 36.2 Å². The molecule has 106 valence electrons. The average molecular weight is 283 g/mol. The van der Waals surface area contributed by atoms with E-state index in [4.69, 9.17) is 4.74 Å². The first-order chi connectivity index (χ1) is 10.3. The van der Waals surface area contributed by atoms with E-state index < -0.39 is 0 Å². The number of benzene rings is 1. The highest BCUT2D eigenvalue weighted by Gasteiger charge is 2.24. The molecule has 1 aliphatic rings. The van der Waals surface area contributed by atoms with Gasteiger partial charge in [0.05, 0.1) is 0 Å². The number of hydrogen-bond donors (Lipinski definition) is 0. The first-order valence-corrected chi connectivity index (χ1v) is 7.03. The zero-order chi connectivity index (χ0) is 14.2. The van der Waals surface area contributed by atoms with Crippen molar-refractivity contribution in [1.29, 1.82) is 0 Å². The summed E-state index contributed by atoms with van der Waals surface area (Å²) in [4.78, 5) is 9.04. The minimum Gasteiger partial charge on any atom is -0.358 e. The molecule has 0 saturated carbocycles. The van der Waals surface area contributed by atoms with E-state index in [9.17, 15) is 4.39 Å². The molecule has 4 rings (SSSR count). The molecular weight excluding hydrogens is 269 g/mol. The number of nitrogens with zero attached hydrogens (tertiary/aromatic N) is 3. The van der Waals surface area contributed by atoms with Gasteiger partial charge in [-0.25, -0.2) is 14.4 Å². The van der Waals surface area contributed by atoms with E-state index in [2.05, 4.69) is 9.97 Å². The monoisotopic (exact) mass is 283 g/mol. The molecule has 5 heteroatoms. The van der Waals surface area contributed by atoms with Gasteiger partial charge in [0.15, 0.2) is 5.65 Å². The molecule has 4 nitrogen and oxygen atoms in total. The second kappa shape index (κ2) is 4.93. The highest BCUT2D eigenvalue weighted by Crippen LogP contribution is 2.32. The molecular formula is C16H14FN3O. The molecule has 1 aromatic carbocycles. The Balaban J connectivity index is 1.97. The number of halogens is 1. The summed E-state index contributed by atoms with van der Waals surface area (Å²) in [5.74, 6) is 0.432. The third kappa shape index (κ3) is 2.10. The van der Waals surface area contributed by atoms with Crippen molar-refractivity contribution in [3.05, 3.63) is 48.4 Å². The molecule has 1 unspecified atom stereocenters. The second-order valence-corrected chi connectivity index (χ2v) is 5.13. The average Bonchev–Trinajstić information content (AvgIpc) is 3.14. The minimum absolute atomic E-state index is 0.0804. The van der Waals surface area contributed by atoms with Crippen molar-refractivity contribution in [1.82, 2.24) is 14.5 Å². The maximum atomic E-state index is 13.5. The molecule has 1 saturated heterocycles. The molecule has 3 heterocycles. The van der Waals surface area contributed by atoms with Crippen LogP contribution in [0.1, 0.15) is 19.1 Å². The fraction of sp³-hybridized carbons (Fsp3) is 0.250. The maximum Gasteiger partial charge on any atom is 0.162 e. The summed E-state index contributed by atoms with van der Waals surface area (Å²) in [6.45, 7) is 0.736. The topological polar surface area (TPSA) is 39.9 Å². The van der Waals surface area contributed by atoms with Crippen molar-refractivity contribution >= 4 is 11.2 Å². The van der Waals surface area contributed by atoms with Crippen LogP contribution in [0.5, 0.6) is 0 Å². The van der Waals surface area contributed by atoms with Gasteiger partial charge in [-0.2, -0.15) is 0 Å². The number of hydrogen-bond acceptors (Lipinski definition) is 3. The third-order valence-electron chi connectivity index (χ3n) is 3.73. The van der Waals surface area contributed by atoms with Gasteiger partial charge in [-0.3, -0.25) is 4.57 Å². The quantitative estimate of drug-likeness (QED) is 0.722. The van der Waals surface area contributed by atoms with E-state index >= 15 is 0 Å². The van der Waals surface area contributed by atoms with Gasteiger partial charge in [0.25, 0.3) is 0 Å². The summed E-state index contributed by atoms with van der Waals surface area (Å²) >= 11 is 0. The molecule has 0 bridgehead atoms. The molecule has 1 fully saturated rings. The van der Waals surface area contributed by atoms with Gasteiger partial charge in [-0.15, -0.1) is 0 Å². The zero-order valence-electron chi connectivity index (χ0n) is 11.4. The van der Waals surface area contributed by atoms with E-state index in [1.165, 1.54) is 12.1 Å². The van der Waals surface area contributed by atoms with Gasteiger partial charge in [0.1, 0.15) is 23.4 Å². The second-order valence-electron chi connectivity index (χ2n) is 5.13. The zero-order valence-corrected chi connectivity index (χ0v) is 11.4. The highest BCUT2D eigenvalue weighted by atomic mass is 19.1. The fourth-order valence-corrected chi connectivity index (χ4v) is 2.80. The number of pyridine rings is 1. The van der Waals surface area contributed by atoms with Gasteiger partial charge in [-0.05, 0) is 37.1 Å². The fourth-order valence-electron chi connectivity index (χ4n) is 2.80. The van der Waals surface area contributed by atoms with E-state index in [-0.39, 0.29) is 12.0 Å². The van der Waals surface area contributed by atoms with Crippen LogP contribution in [0.2, 0.25) is 0 Å². The Morgan fingerprint density at radius 3 is 3.00 bits per heavy atom. The Labute approximate surface area is 121 Å². The summed E-state index contributed by atoms with van der Waals surface area (Å²) in [5.41, 5.74) is 2.32. The predicted molar refractivity (Wildman–Crippen MR) is 77.1 cm³/mol. The Bertz CT molecular complexity index is 793. The van der Waals surface area contributed by atoms with E-state index in [1.54, 1.807) is 12.3 Å². The van der Waals surface area contributed by atoms with Crippen LogP contribution in [-0.4, -0.2) is 21.1 Å². The van der Waals surface area contributed by atoms with Gasteiger partial charge in [0, 0.05) is 18.4 Å². The Morgan fingerprint density at radius 1 is 1.24 bits per heavy atom. The van der Waals surface area contributed by atoms with E-state index in [0.29, 0.717) is 5.82 Å². The van der Waals surface area contributed by atoms with Crippen LogP contribution in [0.25, 0.3) is 22.6 Å². The molecule has 0 N–H and O–H groups in total. The lowest BCUT2D eigenvalue weighted by molar-refractivity contribution is 0.0606. The van der Waals surface area contributed by atoms with Crippen LogP contribution in [0.4, 0.5) is 4.39 Å². The molecule has 1 atom stereocenters. The van der Waals surface area contributed by atoms with Crippen LogP contribution in [0.15, 0.2) is 42.6 Å². The maximum absolute atomic E-state index is 13.5. The third-order valence-corrected chi connectivity index (χ3v) is 3.73. The molecule has 0 spiro atoms. The molecule has 0 amide bonds. The number of fused-ring (bicyclic) bond motifs is 1. The largest absolute Gasteiger partial charge is 0.358 e. The number of ether oxygens (including phenoxy) is 1. The molecule has 1 aliphatic heterocycles. The normalized spacial score (nSPS) is 18.4. The van der Waals surface area contributed by atoms with Crippen LogP contribution in [0.3, 0.4) is 0 Å². The Hall–Kier alpha value is -2.27. The summed E-state index contributed by atoms with van der Waals surface area (Å²) < 4.78 is 21.3. The summed E-state index contributed by atoms with van der Waals surface area (Å²) in [6, 6.07) is 10.2. The number of imidazole rings is 1. The summed E-state index contributed by atoms with van der Waals surface area (Å²) in [7, 11) is 0.